The highest BCUT2D eigenvalue weighted by Gasteiger charge is 2.04. The van der Waals surface area contributed by atoms with Gasteiger partial charge in [-0.15, -0.1) is 0 Å². The molecule has 1 aromatic carbocycles. The van der Waals surface area contributed by atoms with E-state index < -0.39 is 0 Å². The second-order valence-electron chi connectivity index (χ2n) is 2.45. The maximum Gasteiger partial charge on any atom is 0.150 e. The first-order valence-corrected chi connectivity index (χ1v) is 4.56. The summed E-state index contributed by atoms with van der Waals surface area (Å²) in [5.41, 5.74) is 1.73. The molecule has 0 aromatic heterocycles. The van der Waals surface area contributed by atoms with E-state index in [1.54, 1.807) is 13.2 Å². The van der Waals surface area contributed by atoms with Gasteiger partial charge in [-0.1, -0.05) is 0 Å². The van der Waals surface area contributed by atoms with E-state index >= 15 is 0 Å². The molecule has 0 spiro atoms. The first-order chi connectivity index (χ1) is 5.69. The lowest BCUT2D eigenvalue weighted by atomic mass is 10.1. The zero-order valence-corrected chi connectivity index (χ0v) is 9.08. The quantitative estimate of drug-likeness (QED) is 0.612. The number of benzene rings is 1. The van der Waals surface area contributed by atoms with E-state index in [1.165, 1.54) is 0 Å². The highest BCUT2D eigenvalue weighted by atomic mass is 127. The molecule has 0 saturated carbocycles. The molecular formula is C9H9IO2. The van der Waals surface area contributed by atoms with E-state index in [0.29, 0.717) is 5.56 Å². The zero-order valence-electron chi connectivity index (χ0n) is 6.93. The number of aldehydes is 1. The Morgan fingerprint density at radius 3 is 2.67 bits per heavy atom. The molecule has 0 aliphatic carbocycles. The number of methoxy groups -OCH3 is 1. The summed E-state index contributed by atoms with van der Waals surface area (Å²) in [4.78, 5) is 10.5. The van der Waals surface area contributed by atoms with E-state index in [-0.39, 0.29) is 0 Å². The van der Waals surface area contributed by atoms with Crippen molar-refractivity contribution in [3.05, 3.63) is 26.8 Å². The summed E-state index contributed by atoms with van der Waals surface area (Å²) in [6.45, 7) is 1.97. The number of rotatable bonds is 2. The van der Waals surface area contributed by atoms with Gasteiger partial charge in [-0.25, -0.2) is 0 Å². The van der Waals surface area contributed by atoms with Crippen molar-refractivity contribution in [1.82, 2.24) is 0 Å². The van der Waals surface area contributed by atoms with Crippen LogP contribution in [0.15, 0.2) is 12.1 Å². The molecule has 1 aromatic rings. The molecular weight excluding hydrogens is 267 g/mol. The minimum atomic E-state index is 0.654. The van der Waals surface area contributed by atoms with Crippen LogP contribution in [-0.4, -0.2) is 13.4 Å². The van der Waals surface area contributed by atoms with Crippen LogP contribution in [0.2, 0.25) is 0 Å². The summed E-state index contributed by atoms with van der Waals surface area (Å²) in [6, 6.07) is 3.58. The number of halogens is 1. The second kappa shape index (κ2) is 3.89. The summed E-state index contributed by atoms with van der Waals surface area (Å²) >= 11 is 2.18. The van der Waals surface area contributed by atoms with E-state index in [4.69, 9.17) is 4.74 Å². The molecule has 0 radical (unpaired) electrons. The minimum absolute atomic E-state index is 0.654. The first kappa shape index (κ1) is 9.51. The van der Waals surface area contributed by atoms with Crippen LogP contribution < -0.4 is 4.74 Å². The molecule has 0 fully saturated rings. The summed E-state index contributed by atoms with van der Waals surface area (Å²) in [5, 5.41) is 0. The number of carbonyl (C=O) groups excluding carboxylic acids is 1. The number of hydrogen-bond donors (Lipinski definition) is 0. The number of ether oxygens (including phenoxy) is 1. The molecule has 0 amide bonds. The fourth-order valence-electron chi connectivity index (χ4n) is 0.954. The van der Waals surface area contributed by atoms with Gasteiger partial charge < -0.3 is 4.74 Å². The van der Waals surface area contributed by atoms with Crippen molar-refractivity contribution in [2.75, 3.05) is 7.11 Å². The lowest BCUT2D eigenvalue weighted by Crippen LogP contribution is -1.92. The fourth-order valence-corrected chi connectivity index (χ4v) is 1.58. The molecule has 3 heteroatoms. The van der Waals surface area contributed by atoms with Gasteiger partial charge in [0.25, 0.3) is 0 Å². The van der Waals surface area contributed by atoms with Crippen molar-refractivity contribution in [3.8, 4) is 5.75 Å². The minimum Gasteiger partial charge on any atom is -0.496 e. The van der Waals surface area contributed by atoms with Crippen LogP contribution >= 0.6 is 22.6 Å². The highest BCUT2D eigenvalue weighted by molar-refractivity contribution is 14.1. The molecule has 2 nitrogen and oxygen atoms in total. The van der Waals surface area contributed by atoms with Crippen LogP contribution in [-0.2, 0) is 0 Å². The van der Waals surface area contributed by atoms with Gasteiger partial charge in [0.05, 0.1) is 7.11 Å². The molecule has 12 heavy (non-hydrogen) atoms. The van der Waals surface area contributed by atoms with Gasteiger partial charge in [0.2, 0.25) is 0 Å². The smallest absolute Gasteiger partial charge is 0.150 e. The molecule has 0 unspecified atom stereocenters. The Morgan fingerprint density at radius 2 is 2.17 bits per heavy atom. The Morgan fingerprint density at radius 1 is 1.50 bits per heavy atom. The highest BCUT2D eigenvalue weighted by Crippen LogP contribution is 2.24. The monoisotopic (exact) mass is 276 g/mol. The van der Waals surface area contributed by atoms with E-state index in [9.17, 15) is 4.79 Å². The molecule has 1 rings (SSSR count). The average Bonchev–Trinajstić information content (AvgIpc) is 2.09. The van der Waals surface area contributed by atoms with Gasteiger partial charge in [0.1, 0.15) is 12.0 Å². The molecule has 0 N–H and O–H groups in total. The van der Waals surface area contributed by atoms with Crippen LogP contribution in [0.1, 0.15) is 15.9 Å². The molecule has 0 atom stereocenters. The van der Waals surface area contributed by atoms with E-state index in [2.05, 4.69) is 22.6 Å². The van der Waals surface area contributed by atoms with Gasteiger partial charge in [-0.3, -0.25) is 4.79 Å². The maximum atomic E-state index is 10.5. The Labute approximate surface area is 85.1 Å². The maximum absolute atomic E-state index is 10.5. The average molecular weight is 276 g/mol. The van der Waals surface area contributed by atoms with Crippen molar-refractivity contribution in [3.63, 3.8) is 0 Å². The van der Waals surface area contributed by atoms with Gasteiger partial charge in [0.15, 0.2) is 0 Å². The molecule has 0 aliphatic heterocycles. The van der Waals surface area contributed by atoms with Crippen molar-refractivity contribution >= 4 is 28.9 Å². The van der Waals surface area contributed by atoms with Gasteiger partial charge in [0, 0.05) is 14.7 Å². The summed E-state index contributed by atoms with van der Waals surface area (Å²) in [7, 11) is 1.60. The first-order valence-electron chi connectivity index (χ1n) is 3.48. The van der Waals surface area contributed by atoms with Crippen molar-refractivity contribution in [1.29, 1.82) is 0 Å². The predicted octanol–water partition coefficient (Wildman–Crippen LogP) is 2.42. The topological polar surface area (TPSA) is 26.3 Å². The summed E-state index contributed by atoms with van der Waals surface area (Å²) in [5.74, 6) is 0.768. The van der Waals surface area contributed by atoms with Crippen molar-refractivity contribution in [2.45, 2.75) is 6.92 Å². The van der Waals surface area contributed by atoms with Gasteiger partial charge in [-0.05, 0) is 41.6 Å². The molecule has 0 heterocycles. The van der Waals surface area contributed by atoms with Crippen molar-refractivity contribution < 1.29 is 9.53 Å². The molecule has 64 valence electrons. The largest absolute Gasteiger partial charge is 0.496 e. The normalized spacial score (nSPS) is 9.58. The van der Waals surface area contributed by atoms with Crippen LogP contribution in [0.4, 0.5) is 0 Å². The predicted molar refractivity (Wildman–Crippen MR) is 55.8 cm³/mol. The van der Waals surface area contributed by atoms with Crippen LogP contribution in [0.25, 0.3) is 0 Å². The Balaban J connectivity index is 3.28. The van der Waals surface area contributed by atoms with Crippen LogP contribution in [0.3, 0.4) is 0 Å². The molecule has 0 aliphatic rings. The van der Waals surface area contributed by atoms with E-state index in [1.807, 2.05) is 13.0 Å². The van der Waals surface area contributed by atoms with Gasteiger partial charge >= 0.3 is 0 Å². The fraction of sp³-hybridized carbons (Fsp3) is 0.222. The molecule has 0 saturated heterocycles. The van der Waals surface area contributed by atoms with Crippen LogP contribution in [0.5, 0.6) is 5.75 Å². The second-order valence-corrected chi connectivity index (χ2v) is 3.61. The van der Waals surface area contributed by atoms with Crippen molar-refractivity contribution in [2.24, 2.45) is 0 Å². The standard InChI is InChI=1S/C9H9IO2/c1-6-8(10)3-7(5-11)4-9(6)12-2/h3-5H,1-2H3. The third kappa shape index (κ3) is 1.77. The lowest BCUT2D eigenvalue weighted by molar-refractivity contribution is 0.112. The zero-order chi connectivity index (χ0) is 9.14. The number of hydrogen-bond acceptors (Lipinski definition) is 2. The van der Waals surface area contributed by atoms with Gasteiger partial charge in [-0.2, -0.15) is 0 Å². The number of carbonyl (C=O) groups is 1. The third-order valence-electron chi connectivity index (χ3n) is 1.67. The summed E-state index contributed by atoms with van der Waals surface area (Å²) < 4.78 is 6.15. The summed E-state index contributed by atoms with van der Waals surface area (Å²) in [6.07, 6.45) is 0.824. The van der Waals surface area contributed by atoms with Crippen LogP contribution in [0, 0.1) is 10.5 Å². The Kier molecular flexibility index (Phi) is 3.08. The van der Waals surface area contributed by atoms with E-state index in [0.717, 1.165) is 21.2 Å². The Hall–Kier alpha value is -0.580. The third-order valence-corrected chi connectivity index (χ3v) is 2.80. The molecule has 0 bridgehead atoms. The lowest BCUT2D eigenvalue weighted by Gasteiger charge is -2.06. The SMILES string of the molecule is COc1cc(C=O)cc(I)c1C. The Bertz CT molecular complexity index is 308.